The molecule has 0 radical (unpaired) electrons. The lowest BCUT2D eigenvalue weighted by Gasteiger charge is -2.27. The van der Waals surface area contributed by atoms with Crippen LogP contribution >= 0.6 is 23.2 Å². The Bertz CT molecular complexity index is 896. The monoisotopic (exact) mass is 413 g/mol. The molecule has 0 spiro atoms. The number of esters is 1. The first-order chi connectivity index (χ1) is 12.8. The van der Waals surface area contributed by atoms with E-state index >= 15 is 0 Å². The van der Waals surface area contributed by atoms with Gasteiger partial charge in [-0.3, -0.25) is 4.79 Å². The first kappa shape index (κ1) is 19.5. The maximum Gasteiger partial charge on any atom is 0.308 e. The van der Waals surface area contributed by atoms with Gasteiger partial charge < -0.3 is 20.1 Å². The van der Waals surface area contributed by atoms with Crippen molar-refractivity contribution in [1.29, 1.82) is 0 Å². The van der Waals surface area contributed by atoms with Gasteiger partial charge in [0.15, 0.2) is 17.3 Å². The van der Waals surface area contributed by atoms with Crippen molar-refractivity contribution >= 4 is 40.7 Å². The molecule has 9 heteroatoms. The van der Waals surface area contributed by atoms with Crippen molar-refractivity contribution in [2.45, 2.75) is 20.3 Å². The van der Waals surface area contributed by atoms with E-state index in [2.05, 4.69) is 15.6 Å². The van der Waals surface area contributed by atoms with Crippen molar-refractivity contribution in [3.63, 3.8) is 0 Å². The van der Waals surface area contributed by atoms with E-state index in [0.29, 0.717) is 46.7 Å². The average molecular weight is 414 g/mol. The third-order valence-electron chi connectivity index (χ3n) is 4.22. The van der Waals surface area contributed by atoms with Crippen LogP contribution in [0.5, 0.6) is 11.5 Å². The molecule has 0 fully saturated rings. The zero-order valence-electron chi connectivity index (χ0n) is 15.0. The number of amidine groups is 1. The highest BCUT2D eigenvalue weighted by Gasteiger charge is 2.28. The topological polar surface area (TPSA) is 72.0 Å². The molecule has 1 aliphatic heterocycles. The highest BCUT2D eigenvalue weighted by molar-refractivity contribution is 6.40. The Morgan fingerprint density at radius 1 is 1.37 bits per heavy atom. The van der Waals surface area contributed by atoms with Crippen LogP contribution in [-0.4, -0.2) is 25.6 Å². The molecule has 2 N–H and O–H groups in total. The minimum absolute atomic E-state index is 0.0950. The lowest BCUT2D eigenvalue weighted by Crippen LogP contribution is -2.33. The van der Waals surface area contributed by atoms with Crippen LogP contribution in [0.1, 0.15) is 25.8 Å². The molecular formula is C18H18Cl2FN3O3. The predicted octanol–water partition coefficient (Wildman–Crippen LogP) is 4.25. The van der Waals surface area contributed by atoms with E-state index in [1.54, 1.807) is 12.1 Å². The smallest absolute Gasteiger partial charge is 0.308 e. The molecule has 6 nitrogen and oxygen atoms in total. The van der Waals surface area contributed by atoms with Gasteiger partial charge in [0.05, 0.1) is 23.5 Å². The number of nitrogens with one attached hydrogen (secondary N) is 2. The van der Waals surface area contributed by atoms with Gasteiger partial charge in [-0.15, -0.1) is 0 Å². The molecule has 1 aliphatic carbocycles. The van der Waals surface area contributed by atoms with Gasteiger partial charge in [0.2, 0.25) is 0 Å². The van der Waals surface area contributed by atoms with Gasteiger partial charge in [-0.1, -0.05) is 30.1 Å². The number of carbonyl (C=O) groups is 1. The second kappa shape index (κ2) is 7.78. The number of aliphatic imine (C=N–C) groups is 1. The number of halogens is 3. The summed E-state index contributed by atoms with van der Waals surface area (Å²) in [6.45, 7) is 3.43. The number of allylic oxidation sites excluding steroid dienone is 4. The van der Waals surface area contributed by atoms with Gasteiger partial charge in [0.25, 0.3) is 0 Å². The summed E-state index contributed by atoms with van der Waals surface area (Å²) < 4.78 is 25.1. The summed E-state index contributed by atoms with van der Waals surface area (Å²) in [4.78, 5) is 15.7. The van der Waals surface area contributed by atoms with Gasteiger partial charge in [-0.2, -0.15) is 0 Å². The summed E-state index contributed by atoms with van der Waals surface area (Å²) in [6, 6.07) is 3.31. The Hall–Kier alpha value is -2.25. The molecule has 1 aromatic carbocycles. The predicted molar refractivity (Wildman–Crippen MR) is 103 cm³/mol. The fourth-order valence-corrected chi connectivity index (χ4v) is 3.41. The van der Waals surface area contributed by atoms with E-state index in [9.17, 15) is 9.18 Å². The summed E-state index contributed by atoms with van der Waals surface area (Å²) in [6.07, 6.45) is 0.426. The highest BCUT2D eigenvalue weighted by atomic mass is 35.5. The molecule has 0 bridgehead atoms. The molecule has 0 amide bonds. The Balaban J connectivity index is 2.00. The van der Waals surface area contributed by atoms with Gasteiger partial charge in [-0.05, 0) is 12.5 Å². The molecule has 0 aromatic heterocycles. The Kier molecular flexibility index (Phi) is 5.62. The standard InChI is InChI=1S/C18H18Cl2FN3O3/c1-8-4-11(19)15(20)16(21)17(8)24-18-10-5-14(27-9(2)25)13(26-3)6-12(10)22-7-23-18/h5-6,8,22H,4,7H2,1-3H3,(H,23,24). The number of rotatable bonds is 3. The fourth-order valence-electron chi connectivity index (χ4n) is 2.91. The first-order valence-corrected chi connectivity index (χ1v) is 8.97. The zero-order valence-corrected chi connectivity index (χ0v) is 16.5. The molecule has 1 unspecified atom stereocenters. The van der Waals surface area contributed by atoms with E-state index < -0.39 is 11.8 Å². The van der Waals surface area contributed by atoms with Gasteiger partial charge in [0.1, 0.15) is 12.5 Å². The van der Waals surface area contributed by atoms with Gasteiger partial charge >= 0.3 is 5.97 Å². The number of fused-ring (bicyclic) bond motifs is 1. The van der Waals surface area contributed by atoms with Crippen LogP contribution in [0.4, 0.5) is 10.1 Å². The second-order valence-electron chi connectivity index (χ2n) is 6.16. The SMILES string of the molecule is COc1cc2c(cc1OC(C)=O)C(NC1=C(F)C(Cl)=C(Cl)CC1C)=NCN2. The number of nitrogens with zero attached hydrogens (tertiary/aromatic N) is 1. The number of benzene rings is 1. The van der Waals surface area contributed by atoms with Crippen LogP contribution in [-0.2, 0) is 4.79 Å². The van der Waals surface area contributed by atoms with Crippen LogP contribution in [0.15, 0.2) is 38.7 Å². The number of anilines is 1. The van der Waals surface area contributed by atoms with Crippen LogP contribution in [0.25, 0.3) is 0 Å². The highest BCUT2D eigenvalue weighted by Crippen LogP contribution is 2.39. The molecule has 2 aliphatic rings. The third-order valence-corrected chi connectivity index (χ3v) is 5.05. The summed E-state index contributed by atoms with van der Waals surface area (Å²) in [5.41, 5.74) is 1.63. The van der Waals surface area contributed by atoms with Crippen molar-refractivity contribution in [1.82, 2.24) is 5.32 Å². The molecule has 144 valence electrons. The fraction of sp³-hybridized carbons (Fsp3) is 0.333. The van der Waals surface area contributed by atoms with E-state index in [4.69, 9.17) is 32.7 Å². The summed E-state index contributed by atoms with van der Waals surface area (Å²) in [5, 5.41) is 6.35. The van der Waals surface area contributed by atoms with E-state index in [1.807, 2.05) is 6.92 Å². The summed E-state index contributed by atoms with van der Waals surface area (Å²) >= 11 is 12.0. The van der Waals surface area contributed by atoms with Crippen LogP contribution in [0, 0.1) is 5.92 Å². The quantitative estimate of drug-likeness (QED) is 0.572. The first-order valence-electron chi connectivity index (χ1n) is 8.22. The van der Waals surface area contributed by atoms with E-state index in [1.165, 1.54) is 14.0 Å². The number of carbonyl (C=O) groups excluding carboxylic acids is 1. The minimum atomic E-state index is -0.600. The normalized spacial score (nSPS) is 19.2. The number of methoxy groups -OCH3 is 1. The number of hydrogen-bond acceptors (Lipinski definition) is 6. The van der Waals surface area contributed by atoms with Crippen molar-refractivity contribution in [2.24, 2.45) is 10.9 Å². The summed E-state index contributed by atoms with van der Waals surface area (Å²) in [5.74, 6) is -0.214. The lowest BCUT2D eigenvalue weighted by molar-refractivity contribution is -0.132. The van der Waals surface area contributed by atoms with Crippen molar-refractivity contribution in [3.8, 4) is 11.5 Å². The number of hydrogen-bond donors (Lipinski definition) is 2. The molecule has 0 saturated carbocycles. The Morgan fingerprint density at radius 3 is 2.78 bits per heavy atom. The zero-order chi connectivity index (χ0) is 19.7. The molecule has 1 heterocycles. The van der Waals surface area contributed by atoms with Crippen molar-refractivity contribution in [3.05, 3.63) is 39.3 Å². The Morgan fingerprint density at radius 2 is 2.11 bits per heavy atom. The van der Waals surface area contributed by atoms with Crippen LogP contribution in [0.3, 0.4) is 0 Å². The van der Waals surface area contributed by atoms with Crippen molar-refractivity contribution in [2.75, 3.05) is 19.1 Å². The maximum absolute atomic E-state index is 14.6. The molecule has 1 atom stereocenters. The molecule has 0 saturated heterocycles. The van der Waals surface area contributed by atoms with Crippen LogP contribution < -0.4 is 20.1 Å². The third kappa shape index (κ3) is 3.89. The molecule has 1 aromatic rings. The minimum Gasteiger partial charge on any atom is -0.493 e. The molecule has 3 rings (SSSR count). The maximum atomic E-state index is 14.6. The van der Waals surface area contributed by atoms with E-state index in [-0.39, 0.29) is 16.7 Å². The van der Waals surface area contributed by atoms with E-state index in [0.717, 1.165) is 0 Å². The lowest BCUT2D eigenvalue weighted by atomic mass is 9.97. The van der Waals surface area contributed by atoms with Gasteiger partial charge in [0, 0.05) is 29.5 Å². The van der Waals surface area contributed by atoms with Crippen molar-refractivity contribution < 1.29 is 18.7 Å². The largest absolute Gasteiger partial charge is 0.493 e. The summed E-state index contributed by atoms with van der Waals surface area (Å²) in [7, 11) is 1.48. The number of ether oxygens (including phenoxy) is 2. The molecular weight excluding hydrogens is 396 g/mol. The second-order valence-corrected chi connectivity index (χ2v) is 6.99. The van der Waals surface area contributed by atoms with Crippen LogP contribution in [0.2, 0.25) is 0 Å². The Labute approximate surface area is 166 Å². The molecule has 27 heavy (non-hydrogen) atoms. The van der Waals surface area contributed by atoms with Gasteiger partial charge in [-0.25, -0.2) is 9.38 Å². The average Bonchev–Trinajstić information content (AvgIpc) is 2.62.